The largest absolute Gasteiger partial charge is 0.378 e. The number of hydrogen-bond acceptors (Lipinski definition) is 8. The van der Waals surface area contributed by atoms with Crippen LogP contribution in [0.1, 0.15) is 26.5 Å². The standard InChI is InChI=1S/C23H30N5O4SSi/c1-16(23(2,3)34)32-15-28-14-24-19-11-17(5-6-20(19)28)22-25-18(13-33(4,29)30)12-21(26-22)27-7-9-31-10-8-27/h5-6,11-12,14,16H,7-10,13,15H2,1-4H3. The number of anilines is 1. The van der Waals surface area contributed by atoms with Gasteiger partial charge in [0.15, 0.2) is 15.7 Å². The van der Waals surface area contributed by atoms with Crippen molar-refractivity contribution in [2.24, 2.45) is 0 Å². The molecular formula is C23H30N5O4SSi. The summed E-state index contributed by atoms with van der Waals surface area (Å²) in [7, 11) is 0.450. The monoisotopic (exact) mass is 500 g/mol. The molecule has 0 amide bonds. The van der Waals surface area contributed by atoms with Crippen LogP contribution >= 0.6 is 0 Å². The third-order valence-electron chi connectivity index (χ3n) is 5.87. The number of fused-ring (bicyclic) bond motifs is 1. The minimum absolute atomic E-state index is 0.00508. The molecule has 181 valence electrons. The van der Waals surface area contributed by atoms with E-state index in [0.717, 1.165) is 16.6 Å². The quantitative estimate of drug-likeness (QED) is 0.435. The summed E-state index contributed by atoms with van der Waals surface area (Å²) in [5.41, 5.74) is 2.97. The fourth-order valence-electron chi connectivity index (χ4n) is 3.62. The molecule has 9 nitrogen and oxygen atoms in total. The zero-order valence-corrected chi connectivity index (χ0v) is 21.8. The van der Waals surface area contributed by atoms with Gasteiger partial charge in [0.25, 0.3) is 0 Å². The maximum atomic E-state index is 12.0. The van der Waals surface area contributed by atoms with Gasteiger partial charge in [-0.05, 0) is 30.2 Å². The molecule has 1 fully saturated rings. The summed E-state index contributed by atoms with van der Waals surface area (Å²) in [6.45, 7) is 9.15. The predicted molar refractivity (Wildman–Crippen MR) is 133 cm³/mol. The smallest absolute Gasteiger partial charge is 0.161 e. The van der Waals surface area contributed by atoms with Crippen molar-refractivity contribution in [3.63, 3.8) is 0 Å². The number of ether oxygens (including phenoxy) is 2. The molecule has 1 unspecified atom stereocenters. The number of imidazole rings is 1. The molecule has 0 saturated carbocycles. The van der Waals surface area contributed by atoms with Crippen molar-refractivity contribution in [3.05, 3.63) is 36.3 Å². The first-order chi connectivity index (χ1) is 16.0. The van der Waals surface area contributed by atoms with Crippen molar-refractivity contribution in [2.45, 2.75) is 44.4 Å². The van der Waals surface area contributed by atoms with Crippen LogP contribution in [0.15, 0.2) is 30.6 Å². The van der Waals surface area contributed by atoms with Crippen molar-refractivity contribution in [2.75, 3.05) is 37.5 Å². The molecule has 0 aliphatic carbocycles. The highest BCUT2D eigenvalue weighted by Gasteiger charge is 2.21. The summed E-state index contributed by atoms with van der Waals surface area (Å²) in [6.07, 6.45) is 2.97. The maximum absolute atomic E-state index is 12.0. The first-order valence-electron chi connectivity index (χ1n) is 11.2. The van der Waals surface area contributed by atoms with Crippen LogP contribution in [0.2, 0.25) is 5.04 Å². The van der Waals surface area contributed by atoms with E-state index in [9.17, 15) is 8.42 Å². The summed E-state index contributed by atoms with van der Waals surface area (Å²) in [5, 5.41) is -0.143. The van der Waals surface area contributed by atoms with Crippen LogP contribution in [0, 0.1) is 0 Å². The van der Waals surface area contributed by atoms with Gasteiger partial charge < -0.3 is 18.9 Å². The Morgan fingerprint density at radius 3 is 2.62 bits per heavy atom. The number of sulfone groups is 1. The zero-order chi connectivity index (χ0) is 24.5. The van der Waals surface area contributed by atoms with Gasteiger partial charge in [-0.25, -0.2) is 23.4 Å². The SMILES string of the molecule is CC(OCn1cnc2cc(-c3nc(CS(C)(=O)=O)cc(N4CCOCC4)n3)ccc21)C(C)(C)[Si]. The lowest BCUT2D eigenvalue weighted by Gasteiger charge is -2.28. The molecule has 0 bridgehead atoms. The van der Waals surface area contributed by atoms with Crippen LogP contribution in [-0.2, 0) is 31.8 Å². The van der Waals surface area contributed by atoms with E-state index >= 15 is 0 Å². The van der Waals surface area contributed by atoms with Gasteiger partial charge in [-0.3, -0.25) is 0 Å². The van der Waals surface area contributed by atoms with Crippen LogP contribution in [0.5, 0.6) is 0 Å². The van der Waals surface area contributed by atoms with Gasteiger partial charge in [-0.15, -0.1) is 0 Å². The molecule has 11 heteroatoms. The lowest BCUT2D eigenvalue weighted by atomic mass is 10.1. The van der Waals surface area contributed by atoms with Gasteiger partial charge in [0.1, 0.15) is 12.5 Å². The van der Waals surface area contributed by atoms with Gasteiger partial charge in [0.2, 0.25) is 0 Å². The number of benzene rings is 1. The molecule has 0 N–H and O–H groups in total. The summed E-state index contributed by atoms with van der Waals surface area (Å²) in [5.74, 6) is 1.04. The van der Waals surface area contributed by atoms with Crippen LogP contribution < -0.4 is 4.90 Å². The lowest BCUT2D eigenvalue weighted by molar-refractivity contribution is -0.000312. The Morgan fingerprint density at radius 1 is 1.21 bits per heavy atom. The van der Waals surface area contributed by atoms with Gasteiger partial charge in [-0.1, -0.05) is 13.8 Å². The average Bonchev–Trinajstić information content (AvgIpc) is 3.18. The van der Waals surface area contributed by atoms with Crippen molar-refractivity contribution >= 4 is 36.9 Å². The molecule has 1 atom stereocenters. The van der Waals surface area contributed by atoms with E-state index in [2.05, 4.69) is 39.0 Å². The second-order valence-electron chi connectivity index (χ2n) is 9.29. The van der Waals surface area contributed by atoms with E-state index in [1.807, 2.05) is 29.7 Å². The number of morpholine rings is 1. The van der Waals surface area contributed by atoms with E-state index in [0.29, 0.717) is 50.4 Å². The molecule has 34 heavy (non-hydrogen) atoms. The molecule has 2 aromatic heterocycles. The zero-order valence-electron chi connectivity index (χ0n) is 20.0. The topological polar surface area (TPSA) is 99.4 Å². The molecule has 1 aliphatic rings. The summed E-state index contributed by atoms with van der Waals surface area (Å²) < 4.78 is 37.3. The number of aromatic nitrogens is 4. The van der Waals surface area contributed by atoms with Crippen LogP contribution in [0.25, 0.3) is 22.4 Å². The Labute approximate surface area is 203 Å². The highest BCUT2D eigenvalue weighted by Crippen LogP contribution is 2.28. The van der Waals surface area contributed by atoms with Gasteiger partial charge in [-0.2, -0.15) is 0 Å². The molecule has 3 heterocycles. The summed E-state index contributed by atoms with van der Waals surface area (Å²) in [4.78, 5) is 16.0. The van der Waals surface area contributed by atoms with Crippen LogP contribution in [0.4, 0.5) is 5.82 Å². The summed E-state index contributed by atoms with van der Waals surface area (Å²) in [6, 6.07) is 7.57. The second kappa shape index (κ2) is 9.72. The van der Waals surface area contributed by atoms with Crippen molar-refractivity contribution in [1.29, 1.82) is 0 Å². The molecule has 1 aliphatic heterocycles. The molecule has 3 radical (unpaired) electrons. The first-order valence-corrected chi connectivity index (χ1v) is 13.8. The Bertz CT molecular complexity index is 1270. The highest BCUT2D eigenvalue weighted by molar-refractivity contribution is 7.89. The predicted octanol–water partition coefficient (Wildman–Crippen LogP) is 2.60. The third kappa shape index (κ3) is 6.01. The van der Waals surface area contributed by atoms with Crippen molar-refractivity contribution in [1.82, 2.24) is 19.5 Å². The Hall–Kier alpha value is -2.34. The third-order valence-corrected chi connectivity index (χ3v) is 7.10. The second-order valence-corrected chi connectivity index (χ2v) is 12.7. The normalized spacial score (nSPS) is 16.2. The Kier molecular flexibility index (Phi) is 7.08. The number of hydrogen-bond donors (Lipinski definition) is 0. The van der Waals surface area contributed by atoms with E-state index in [-0.39, 0.29) is 16.9 Å². The Morgan fingerprint density at radius 2 is 1.94 bits per heavy atom. The molecule has 1 saturated heterocycles. The molecule has 0 spiro atoms. The van der Waals surface area contributed by atoms with Gasteiger partial charge >= 0.3 is 0 Å². The summed E-state index contributed by atoms with van der Waals surface area (Å²) >= 11 is 0. The maximum Gasteiger partial charge on any atom is 0.161 e. The van der Waals surface area contributed by atoms with Crippen LogP contribution in [-0.4, -0.2) is 76.8 Å². The minimum atomic E-state index is -3.25. The molecule has 3 aromatic rings. The van der Waals surface area contributed by atoms with E-state index in [1.165, 1.54) is 6.26 Å². The fraction of sp³-hybridized carbons (Fsp3) is 0.522. The van der Waals surface area contributed by atoms with E-state index in [4.69, 9.17) is 14.5 Å². The van der Waals surface area contributed by atoms with Crippen molar-refractivity contribution < 1.29 is 17.9 Å². The number of rotatable bonds is 8. The number of nitrogens with zero attached hydrogens (tertiary/aromatic N) is 5. The lowest BCUT2D eigenvalue weighted by Crippen LogP contribution is -2.37. The average molecular weight is 501 g/mol. The van der Waals surface area contributed by atoms with Gasteiger partial charge in [0.05, 0.1) is 48.1 Å². The van der Waals surface area contributed by atoms with E-state index < -0.39 is 9.84 Å². The van der Waals surface area contributed by atoms with Crippen molar-refractivity contribution in [3.8, 4) is 11.4 Å². The van der Waals surface area contributed by atoms with E-state index in [1.54, 1.807) is 12.4 Å². The van der Waals surface area contributed by atoms with Crippen LogP contribution in [0.3, 0.4) is 0 Å². The molecule has 4 rings (SSSR count). The highest BCUT2D eigenvalue weighted by atomic mass is 32.2. The fourth-order valence-corrected chi connectivity index (χ4v) is 4.38. The molecular weight excluding hydrogens is 470 g/mol. The van der Waals surface area contributed by atoms with Gasteiger partial charge in [0, 0.05) is 41.2 Å². The Balaban J connectivity index is 1.65. The minimum Gasteiger partial charge on any atom is -0.378 e. The first kappa shape index (κ1) is 24.8. The molecule has 1 aromatic carbocycles.